The maximum atomic E-state index is 13.0. The molecule has 1 fully saturated rings. The normalized spacial score (nSPS) is 15.1. The van der Waals surface area contributed by atoms with E-state index in [4.69, 9.17) is 9.73 Å². The number of amidine groups is 1. The Kier molecular flexibility index (Phi) is 5.46. The quantitative estimate of drug-likeness (QED) is 0.650. The molecule has 2 heterocycles. The van der Waals surface area contributed by atoms with E-state index in [2.05, 4.69) is 10.2 Å². The highest BCUT2D eigenvalue weighted by Gasteiger charge is 2.27. The Labute approximate surface area is 185 Å². The van der Waals surface area contributed by atoms with Crippen LogP contribution in [0.5, 0.6) is 11.5 Å². The van der Waals surface area contributed by atoms with E-state index in [0.717, 1.165) is 34.1 Å². The summed E-state index contributed by atoms with van der Waals surface area (Å²) in [7, 11) is 0. The third-order valence-corrected chi connectivity index (χ3v) is 5.66. The molecular weight excluding hydrogens is 407 g/mol. The molecule has 0 spiro atoms. The number of amides is 2. The third-order valence-electron chi connectivity index (χ3n) is 5.66. The highest BCUT2D eigenvalue weighted by atomic mass is 19.1. The number of urea groups is 1. The van der Waals surface area contributed by atoms with Crippen LogP contribution in [0.1, 0.15) is 11.1 Å². The number of aliphatic imine (C=N–C) groups is 1. The van der Waals surface area contributed by atoms with Crippen molar-refractivity contribution < 1.29 is 13.9 Å². The topological polar surface area (TPSA) is 57.2 Å². The van der Waals surface area contributed by atoms with E-state index >= 15 is 0 Å². The summed E-state index contributed by atoms with van der Waals surface area (Å²) in [4.78, 5) is 21.5. The number of nitrogens with one attached hydrogen (secondary N) is 1. The summed E-state index contributed by atoms with van der Waals surface area (Å²) < 4.78 is 19.2. The van der Waals surface area contributed by atoms with Crippen molar-refractivity contribution in [1.29, 1.82) is 0 Å². The van der Waals surface area contributed by atoms with Crippen molar-refractivity contribution in [3.8, 4) is 11.5 Å². The van der Waals surface area contributed by atoms with Crippen molar-refractivity contribution in [2.75, 3.05) is 26.2 Å². The van der Waals surface area contributed by atoms with Gasteiger partial charge in [0.1, 0.15) is 23.1 Å². The van der Waals surface area contributed by atoms with E-state index in [1.54, 1.807) is 17.0 Å². The van der Waals surface area contributed by atoms with Gasteiger partial charge < -0.3 is 19.9 Å². The minimum absolute atomic E-state index is 0.120. The number of nitrogens with zero attached hydrogens (tertiary/aromatic N) is 3. The van der Waals surface area contributed by atoms with Crippen molar-refractivity contribution >= 4 is 17.6 Å². The standard InChI is InChI=1S/C25H23FN4O2/c26-19-11-9-18(10-12-19)17-27-25(31)30-15-13-29(14-16-30)24-20-5-1-3-7-22(20)32-23-8-4-2-6-21(23)28-24/h1-12H,13-17H2,(H,27,31). The summed E-state index contributed by atoms with van der Waals surface area (Å²) in [5.41, 5.74) is 2.59. The molecule has 162 valence electrons. The predicted octanol–water partition coefficient (Wildman–Crippen LogP) is 4.54. The van der Waals surface area contributed by atoms with Crippen molar-refractivity contribution in [1.82, 2.24) is 15.1 Å². The molecule has 0 atom stereocenters. The van der Waals surface area contributed by atoms with Crippen LogP contribution in [-0.2, 0) is 6.54 Å². The summed E-state index contributed by atoms with van der Waals surface area (Å²) in [5, 5.41) is 2.92. The molecule has 3 aromatic carbocycles. The van der Waals surface area contributed by atoms with E-state index in [1.807, 2.05) is 48.5 Å². The molecule has 0 radical (unpaired) electrons. The summed E-state index contributed by atoms with van der Waals surface area (Å²) in [6, 6.07) is 21.7. The Morgan fingerprint density at radius 3 is 2.38 bits per heavy atom. The minimum atomic E-state index is -0.285. The summed E-state index contributed by atoms with van der Waals surface area (Å²) in [6.45, 7) is 2.87. The molecule has 32 heavy (non-hydrogen) atoms. The van der Waals surface area contributed by atoms with Crippen molar-refractivity contribution in [3.05, 3.63) is 89.7 Å². The predicted molar refractivity (Wildman–Crippen MR) is 121 cm³/mol. The number of ether oxygens (including phenoxy) is 1. The average Bonchev–Trinajstić information content (AvgIpc) is 3.00. The second-order valence-corrected chi connectivity index (χ2v) is 7.76. The van der Waals surface area contributed by atoms with Crippen LogP contribution in [0.4, 0.5) is 14.9 Å². The molecule has 2 aliphatic rings. The largest absolute Gasteiger partial charge is 0.454 e. The van der Waals surface area contributed by atoms with E-state index in [9.17, 15) is 9.18 Å². The van der Waals surface area contributed by atoms with Gasteiger partial charge in [0.05, 0.1) is 5.56 Å². The van der Waals surface area contributed by atoms with Crippen LogP contribution in [0.15, 0.2) is 77.8 Å². The highest BCUT2D eigenvalue weighted by Crippen LogP contribution is 2.37. The van der Waals surface area contributed by atoms with Crippen LogP contribution in [-0.4, -0.2) is 47.8 Å². The van der Waals surface area contributed by atoms with Gasteiger partial charge in [-0.2, -0.15) is 0 Å². The van der Waals surface area contributed by atoms with Gasteiger partial charge in [-0.15, -0.1) is 0 Å². The fraction of sp³-hybridized carbons (Fsp3) is 0.200. The van der Waals surface area contributed by atoms with E-state index in [0.29, 0.717) is 32.7 Å². The Balaban J connectivity index is 1.28. The molecule has 2 amide bonds. The van der Waals surface area contributed by atoms with E-state index in [1.165, 1.54) is 12.1 Å². The van der Waals surface area contributed by atoms with Gasteiger partial charge in [0, 0.05) is 32.7 Å². The van der Waals surface area contributed by atoms with Crippen LogP contribution in [0.3, 0.4) is 0 Å². The number of hydrogen-bond donors (Lipinski definition) is 1. The summed E-state index contributed by atoms with van der Waals surface area (Å²) in [5.74, 6) is 2.08. The molecule has 0 unspecified atom stereocenters. The number of fused-ring (bicyclic) bond motifs is 2. The number of para-hydroxylation sites is 3. The molecule has 1 saturated heterocycles. The zero-order valence-electron chi connectivity index (χ0n) is 17.5. The zero-order chi connectivity index (χ0) is 21.9. The molecule has 7 heteroatoms. The SMILES string of the molecule is O=C(NCc1ccc(F)cc1)N1CCN(C2=Nc3ccccc3Oc3ccccc32)CC1. The van der Waals surface area contributed by atoms with E-state index < -0.39 is 0 Å². The van der Waals surface area contributed by atoms with Crippen LogP contribution in [0.25, 0.3) is 0 Å². The molecule has 1 N–H and O–H groups in total. The lowest BCUT2D eigenvalue weighted by molar-refractivity contribution is 0.169. The molecular formula is C25H23FN4O2. The first-order chi connectivity index (χ1) is 15.7. The summed E-state index contributed by atoms with van der Waals surface area (Å²) >= 11 is 0. The second kappa shape index (κ2) is 8.70. The molecule has 0 aromatic heterocycles. The number of rotatable bonds is 2. The smallest absolute Gasteiger partial charge is 0.317 e. The van der Waals surface area contributed by atoms with Gasteiger partial charge in [-0.25, -0.2) is 14.2 Å². The number of carbonyl (C=O) groups is 1. The lowest BCUT2D eigenvalue weighted by Crippen LogP contribution is -2.53. The first-order valence-corrected chi connectivity index (χ1v) is 10.6. The molecule has 0 saturated carbocycles. The van der Waals surface area contributed by atoms with Crippen molar-refractivity contribution in [2.45, 2.75) is 6.54 Å². The van der Waals surface area contributed by atoms with Crippen molar-refractivity contribution in [2.24, 2.45) is 4.99 Å². The maximum Gasteiger partial charge on any atom is 0.317 e. The summed E-state index contributed by atoms with van der Waals surface area (Å²) in [6.07, 6.45) is 0. The van der Waals surface area contributed by atoms with E-state index in [-0.39, 0.29) is 11.8 Å². The molecule has 0 bridgehead atoms. The first-order valence-electron chi connectivity index (χ1n) is 10.6. The van der Waals surface area contributed by atoms with Gasteiger partial charge in [-0.05, 0) is 42.0 Å². The number of benzene rings is 3. The van der Waals surface area contributed by atoms with Gasteiger partial charge in [0.25, 0.3) is 0 Å². The minimum Gasteiger partial charge on any atom is -0.454 e. The van der Waals surface area contributed by atoms with Crippen LogP contribution >= 0.6 is 0 Å². The highest BCUT2D eigenvalue weighted by molar-refractivity contribution is 6.03. The Morgan fingerprint density at radius 1 is 0.906 bits per heavy atom. The third kappa shape index (κ3) is 4.14. The van der Waals surface area contributed by atoms with Crippen LogP contribution in [0, 0.1) is 5.82 Å². The van der Waals surface area contributed by atoms with Gasteiger partial charge in [-0.3, -0.25) is 0 Å². The molecule has 5 rings (SSSR count). The number of halogens is 1. The van der Waals surface area contributed by atoms with Gasteiger partial charge in [-0.1, -0.05) is 36.4 Å². The molecule has 3 aromatic rings. The zero-order valence-corrected chi connectivity index (χ0v) is 17.5. The van der Waals surface area contributed by atoms with Gasteiger partial charge in [0.15, 0.2) is 5.75 Å². The molecule has 0 aliphatic carbocycles. The monoisotopic (exact) mass is 430 g/mol. The number of piperazine rings is 1. The number of carbonyl (C=O) groups excluding carboxylic acids is 1. The van der Waals surface area contributed by atoms with Crippen LogP contribution in [0.2, 0.25) is 0 Å². The van der Waals surface area contributed by atoms with Gasteiger partial charge in [0.2, 0.25) is 0 Å². The second-order valence-electron chi connectivity index (χ2n) is 7.76. The average molecular weight is 430 g/mol. The Hall–Kier alpha value is -3.87. The van der Waals surface area contributed by atoms with Crippen LogP contribution < -0.4 is 10.1 Å². The Morgan fingerprint density at radius 2 is 1.59 bits per heavy atom. The van der Waals surface area contributed by atoms with Gasteiger partial charge >= 0.3 is 6.03 Å². The lowest BCUT2D eigenvalue weighted by atomic mass is 10.1. The Bertz CT molecular complexity index is 1150. The lowest BCUT2D eigenvalue weighted by Gasteiger charge is -2.36. The molecule has 2 aliphatic heterocycles. The molecule has 6 nitrogen and oxygen atoms in total. The van der Waals surface area contributed by atoms with Crippen molar-refractivity contribution in [3.63, 3.8) is 0 Å². The fourth-order valence-corrected chi connectivity index (χ4v) is 3.92. The fourth-order valence-electron chi connectivity index (χ4n) is 3.92. The number of hydrogen-bond acceptors (Lipinski definition) is 4. The first kappa shape index (κ1) is 20.1. The maximum absolute atomic E-state index is 13.0.